The maximum Gasteiger partial charge on any atom is 0.408 e. The monoisotopic (exact) mass is 685 g/mol. The molecule has 50 heavy (non-hydrogen) atoms. The van der Waals surface area contributed by atoms with Gasteiger partial charge in [0, 0.05) is 25.2 Å². The number of nitrogens with one attached hydrogen (secondary N) is 3. The normalized spacial score (nSPS) is 19.4. The Kier molecular flexibility index (Phi) is 13.4. The third kappa shape index (κ3) is 10.1. The summed E-state index contributed by atoms with van der Waals surface area (Å²) in [4.78, 5) is 52.7. The van der Waals surface area contributed by atoms with E-state index >= 15 is 0 Å². The molecule has 0 aromatic heterocycles. The van der Waals surface area contributed by atoms with Gasteiger partial charge in [-0.15, -0.1) is 0 Å². The Hall–Kier alpha value is -4.74. The predicted molar refractivity (Wildman–Crippen MR) is 186 cm³/mol. The first-order valence-corrected chi connectivity index (χ1v) is 17.4. The van der Waals surface area contributed by atoms with Gasteiger partial charge in [-0.1, -0.05) is 97.4 Å². The number of alkyl carbamates (subject to hydrolysis) is 1. The van der Waals surface area contributed by atoms with Crippen molar-refractivity contribution in [1.29, 1.82) is 0 Å². The van der Waals surface area contributed by atoms with Crippen LogP contribution in [0.1, 0.15) is 55.2 Å². The van der Waals surface area contributed by atoms with Crippen LogP contribution in [0.2, 0.25) is 0 Å². The van der Waals surface area contributed by atoms with Crippen molar-refractivity contribution in [1.82, 2.24) is 16.0 Å². The Morgan fingerprint density at radius 2 is 1.34 bits per heavy atom. The van der Waals surface area contributed by atoms with E-state index in [-0.39, 0.29) is 37.2 Å². The number of carbonyl (C=O) groups is 4. The van der Waals surface area contributed by atoms with E-state index < -0.39 is 36.0 Å². The molecule has 0 bridgehead atoms. The molecule has 4 atom stereocenters. The highest BCUT2D eigenvalue weighted by Crippen LogP contribution is 2.42. The topological polar surface area (TPSA) is 141 Å². The lowest BCUT2D eigenvalue weighted by atomic mass is 9.76. The number of rotatable bonds is 14. The predicted octanol–water partition coefficient (Wildman–Crippen LogP) is 4.62. The van der Waals surface area contributed by atoms with Gasteiger partial charge in [-0.3, -0.25) is 9.59 Å². The average molecular weight is 686 g/mol. The lowest BCUT2D eigenvalue weighted by Gasteiger charge is -2.50. The van der Waals surface area contributed by atoms with Crippen LogP contribution in [-0.4, -0.2) is 68.1 Å². The van der Waals surface area contributed by atoms with Crippen LogP contribution in [0.15, 0.2) is 91.0 Å². The first-order valence-electron chi connectivity index (χ1n) is 17.4. The number of hydrogen-bond acceptors (Lipinski definition) is 8. The molecular formula is C39H47N3O8. The first-order chi connectivity index (χ1) is 24.4. The van der Waals surface area contributed by atoms with Crippen LogP contribution >= 0.6 is 0 Å². The fraction of sp³-hybridized carbons (Fsp3) is 0.436. The van der Waals surface area contributed by atoms with Gasteiger partial charge in [0.05, 0.1) is 26.4 Å². The Morgan fingerprint density at radius 1 is 0.760 bits per heavy atom. The van der Waals surface area contributed by atoms with Gasteiger partial charge in [0.25, 0.3) is 0 Å². The van der Waals surface area contributed by atoms with Crippen molar-refractivity contribution in [2.24, 2.45) is 5.92 Å². The molecule has 2 aliphatic rings. The van der Waals surface area contributed by atoms with Gasteiger partial charge in [0.2, 0.25) is 11.8 Å². The van der Waals surface area contributed by atoms with E-state index in [1.54, 1.807) is 0 Å². The fourth-order valence-electron chi connectivity index (χ4n) is 6.77. The van der Waals surface area contributed by atoms with Gasteiger partial charge in [0.1, 0.15) is 18.7 Å². The second kappa shape index (κ2) is 18.3. The minimum absolute atomic E-state index is 0.0711. The van der Waals surface area contributed by atoms with Crippen molar-refractivity contribution < 1.29 is 38.1 Å². The van der Waals surface area contributed by atoms with Crippen LogP contribution in [0, 0.1) is 5.92 Å². The smallest absolute Gasteiger partial charge is 0.408 e. The average Bonchev–Trinajstić information content (AvgIpc) is 3.15. The highest BCUT2D eigenvalue weighted by Gasteiger charge is 2.52. The number of ether oxygens (including phenoxy) is 4. The summed E-state index contributed by atoms with van der Waals surface area (Å²) >= 11 is 0. The third-order valence-electron chi connectivity index (χ3n) is 9.29. The van der Waals surface area contributed by atoms with Gasteiger partial charge in [0.15, 0.2) is 5.79 Å². The molecule has 1 saturated heterocycles. The van der Waals surface area contributed by atoms with Crippen molar-refractivity contribution in [2.45, 2.75) is 81.9 Å². The standard InChI is InChI=1S/C39H47N3O8/c1-47-37(45)33(26-29-15-7-3-8-16-29)40-35(43)22-21-31-19-11-20-34(39(31)49-23-12-24-50-39)42-36(44)32(25-28-13-5-2-6-14-28)41-38(46)48-27-30-17-9-4-10-18-30/h2-10,13-18,31-34H,11-12,19-27H2,1H3,(H,40,43)(H,41,46)(H,42,44)/t31-,32+,33+,34-/m1/s1. The van der Waals surface area contributed by atoms with E-state index in [1.807, 2.05) is 91.0 Å². The van der Waals surface area contributed by atoms with Crippen molar-refractivity contribution in [3.63, 3.8) is 0 Å². The van der Waals surface area contributed by atoms with Crippen LogP contribution < -0.4 is 16.0 Å². The minimum Gasteiger partial charge on any atom is -0.467 e. The van der Waals surface area contributed by atoms with Crippen molar-refractivity contribution in [2.75, 3.05) is 20.3 Å². The summed E-state index contributed by atoms with van der Waals surface area (Å²) in [5.74, 6) is -2.51. The third-order valence-corrected chi connectivity index (χ3v) is 9.29. The summed E-state index contributed by atoms with van der Waals surface area (Å²) in [6, 6.07) is 26.0. The molecule has 5 rings (SSSR count). The van der Waals surface area contributed by atoms with Crippen LogP contribution in [0.4, 0.5) is 4.79 Å². The largest absolute Gasteiger partial charge is 0.467 e. The van der Waals surface area contributed by atoms with E-state index in [0.717, 1.165) is 29.5 Å². The number of carbonyl (C=O) groups excluding carboxylic acids is 4. The Morgan fingerprint density at radius 3 is 1.94 bits per heavy atom. The van der Waals surface area contributed by atoms with Crippen LogP contribution in [-0.2, 0) is 52.8 Å². The van der Waals surface area contributed by atoms with E-state index in [1.165, 1.54) is 7.11 Å². The molecule has 11 nitrogen and oxygen atoms in total. The molecule has 266 valence electrons. The number of amides is 3. The van der Waals surface area contributed by atoms with Crippen molar-refractivity contribution in [3.05, 3.63) is 108 Å². The molecule has 1 spiro atoms. The number of benzene rings is 3. The summed E-state index contributed by atoms with van der Waals surface area (Å²) < 4.78 is 23.2. The second-order valence-corrected chi connectivity index (χ2v) is 12.8. The summed E-state index contributed by atoms with van der Waals surface area (Å²) in [5, 5.41) is 8.78. The molecule has 1 aliphatic carbocycles. The van der Waals surface area contributed by atoms with Gasteiger partial charge in [-0.25, -0.2) is 9.59 Å². The molecule has 0 radical (unpaired) electrons. The Balaban J connectivity index is 1.25. The van der Waals surface area contributed by atoms with E-state index in [0.29, 0.717) is 38.9 Å². The summed E-state index contributed by atoms with van der Waals surface area (Å²) in [6.45, 7) is 0.976. The molecule has 1 saturated carbocycles. The molecule has 0 unspecified atom stereocenters. The molecule has 1 heterocycles. The minimum atomic E-state index is -1.14. The lowest BCUT2D eigenvalue weighted by molar-refractivity contribution is -0.317. The zero-order valence-corrected chi connectivity index (χ0v) is 28.5. The SMILES string of the molecule is COC(=O)[C@H](Cc1ccccc1)NC(=O)CC[C@H]1CCC[C@@H](NC(=O)[C@H](Cc2ccccc2)NC(=O)OCc2ccccc2)C12OCCCO2. The fourth-order valence-corrected chi connectivity index (χ4v) is 6.77. The number of esters is 1. The van der Waals surface area contributed by atoms with Crippen LogP contribution in [0.3, 0.4) is 0 Å². The first kappa shape index (κ1) is 36.5. The Bertz CT molecular complexity index is 1530. The zero-order chi connectivity index (χ0) is 35.2. The second-order valence-electron chi connectivity index (χ2n) is 12.8. The number of methoxy groups -OCH3 is 1. The maximum atomic E-state index is 14.0. The summed E-state index contributed by atoms with van der Waals surface area (Å²) in [7, 11) is 1.30. The Labute approximate surface area is 293 Å². The molecule has 3 amide bonds. The highest BCUT2D eigenvalue weighted by molar-refractivity contribution is 5.86. The van der Waals surface area contributed by atoms with Crippen LogP contribution in [0.5, 0.6) is 0 Å². The number of hydrogen-bond donors (Lipinski definition) is 3. The maximum absolute atomic E-state index is 14.0. The highest BCUT2D eigenvalue weighted by atomic mass is 16.7. The molecular weight excluding hydrogens is 638 g/mol. The molecule has 1 aliphatic heterocycles. The quantitative estimate of drug-likeness (QED) is 0.209. The van der Waals surface area contributed by atoms with E-state index in [4.69, 9.17) is 18.9 Å². The van der Waals surface area contributed by atoms with E-state index in [2.05, 4.69) is 16.0 Å². The molecule has 3 aromatic carbocycles. The van der Waals surface area contributed by atoms with Crippen molar-refractivity contribution in [3.8, 4) is 0 Å². The van der Waals surface area contributed by atoms with E-state index in [9.17, 15) is 19.2 Å². The summed E-state index contributed by atoms with van der Waals surface area (Å²) in [6.07, 6.45) is 3.25. The van der Waals surface area contributed by atoms with Crippen LogP contribution in [0.25, 0.3) is 0 Å². The molecule has 11 heteroatoms. The van der Waals surface area contributed by atoms with Gasteiger partial charge in [-0.05, 0) is 42.4 Å². The van der Waals surface area contributed by atoms with Gasteiger partial charge >= 0.3 is 12.1 Å². The van der Waals surface area contributed by atoms with Gasteiger partial charge < -0.3 is 34.9 Å². The summed E-state index contributed by atoms with van der Waals surface area (Å²) in [5.41, 5.74) is 2.61. The van der Waals surface area contributed by atoms with Crippen molar-refractivity contribution >= 4 is 23.9 Å². The molecule has 3 aromatic rings. The molecule has 3 N–H and O–H groups in total. The lowest BCUT2D eigenvalue weighted by Crippen LogP contribution is -2.65. The van der Waals surface area contributed by atoms with Gasteiger partial charge in [-0.2, -0.15) is 0 Å². The molecule has 2 fully saturated rings. The zero-order valence-electron chi connectivity index (χ0n) is 28.5.